The molecule has 0 heterocycles. The molecule has 0 aliphatic heterocycles. The van der Waals surface area contributed by atoms with Gasteiger partial charge in [-0.05, 0) is 29.8 Å². The molecule has 0 amide bonds. The van der Waals surface area contributed by atoms with Crippen LogP contribution < -0.4 is 4.74 Å². The molecular formula is C18H23BrO2Si. The summed E-state index contributed by atoms with van der Waals surface area (Å²) in [5.41, 5.74) is 2.23. The molecule has 0 fully saturated rings. The van der Waals surface area contributed by atoms with E-state index in [2.05, 4.69) is 53.8 Å². The molecule has 0 unspecified atom stereocenters. The fourth-order valence-corrected chi connectivity index (χ4v) is 3.02. The van der Waals surface area contributed by atoms with Crippen molar-refractivity contribution in [3.8, 4) is 16.9 Å². The van der Waals surface area contributed by atoms with Crippen LogP contribution in [0.15, 0.2) is 53.0 Å². The molecule has 0 bridgehead atoms. The van der Waals surface area contributed by atoms with Gasteiger partial charge in [0.1, 0.15) is 5.75 Å². The van der Waals surface area contributed by atoms with Crippen LogP contribution in [0.4, 0.5) is 0 Å². The van der Waals surface area contributed by atoms with Gasteiger partial charge in [0, 0.05) is 24.7 Å². The summed E-state index contributed by atoms with van der Waals surface area (Å²) in [4.78, 5) is 0. The van der Waals surface area contributed by atoms with Gasteiger partial charge in [-0.25, -0.2) is 0 Å². The minimum Gasteiger partial charge on any atom is -0.467 e. The molecular weight excluding hydrogens is 356 g/mol. The average Bonchev–Trinajstić information content (AvgIpc) is 2.47. The Kier molecular flexibility index (Phi) is 6.23. The van der Waals surface area contributed by atoms with Gasteiger partial charge in [-0.2, -0.15) is 0 Å². The second-order valence-electron chi connectivity index (χ2n) is 6.48. The van der Waals surface area contributed by atoms with Gasteiger partial charge in [-0.1, -0.05) is 65.9 Å². The molecule has 4 heteroatoms. The van der Waals surface area contributed by atoms with E-state index < -0.39 is 8.07 Å². The Bertz CT molecular complexity index is 591. The van der Waals surface area contributed by atoms with E-state index in [-0.39, 0.29) is 0 Å². The van der Waals surface area contributed by atoms with E-state index in [1.165, 1.54) is 0 Å². The van der Waals surface area contributed by atoms with Crippen molar-refractivity contribution in [2.75, 3.05) is 13.4 Å². The van der Waals surface area contributed by atoms with Crippen molar-refractivity contribution in [2.24, 2.45) is 0 Å². The molecule has 0 radical (unpaired) electrons. The third kappa shape index (κ3) is 5.59. The zero-order valence-electron chi connectivity index (χ0n) is 13.4. The van der Waals surface area contributed by atoms with Crippen LogP contribution in [0, 0.1) is 0 Å². The van der Waals surface area contributed by atoms with E-state index in [0.717, 1.165) is 34.0 Å². The predicted octanol–water partition coefficient (Wildman–Crippen LogP) is 5.81. The third-order valence-corrected chi connectivity index (χ3v) is 5.57. The first-order chi connectivity index (χ1) is 10.5. The van der Waals surface area contributed by atoms with Crippen molar-refractivity contribution in [3.63, 3.8) is 0 Å². The highest BCUT2D eigenvalue weighted by Crippen LogP contribution is 2.30. The Morgan fingerprint density at radius 1 is 0.955 bits per heavy atom. The number of hydrogen-bond acceptors (Lipinski definition) is 2. The largest absolute Gasteiger partial charge is 0.467 e. The summed E-state index contributed by atoms with van der Waals surface area (Å²) in [6, 6.07) is 17.5. The Hall–Kier alpha value is -1.10. The van der Waals surface area contributed by atoms with Gasteiger partial charge in [0.25, 0.3) is 0 Å². The molecule has 22 heavy (non-hydrogen) atoms. The first-order valence-corrected chi connectivity index (χ1v) is 12.0. The lowest BCUT2D eigenvalue weighted by molar-refractivity contribution is 0.0224. The van der Waals surface area contributed by atoms with Crippen molar-refractivity contribution in [2.45, 2.75) is 25.7 Å². The van der Waals surface area contributed by atoms with Crippen LogP contribution in [-0.4, -0.2) is 21.5 Å². The Balaban J connectivity index is 1.96. The lowest BCUT2D eigenvalue weighted by Gasteiger charge is -2.16. The van der Waals surface area contributed by atoms with Crippen molar-refractivity contribution >= 4 is 24.0 Å². The Labute approximate surface area is 142 Å². The van der Waals surface area contributed by atoms with Gasteiger partial charge in [0.2, 0.25) is 0 Å². The first-order valence-electron chi connectivity index (χ1n) is 7.51. The number of para-hydroxylation sites is 1. The highest BCUT2D eigenvalue weighted by molar-refractivity contribution is 9.10. The van der Waals surface area contributed by atoms with E-state index in [9.17, 15) is 0 Å². The summed E-state index contributed by atoms with van der Waals surface area (Å²) in [6.07, 6.45) is 0. The van der Waals surface area contributed by atoms with Crippen molar-refractivity contribution in [1.82, 2.24) is 0 Å². The summed E-state index contributed by atoms with van der Waals surface area (Å²) in [6.45, 7) is 8.12. The maximum Gasteiger partial charge on any atom is 0.189 e. The van der Waals surface area contributed by atoms with Crippen LogP contribution in [0.25, 0.3) is 11.1 Å². The maximum absolute atomic E-state index is 5.82. The third-order valence-electron chi connectivity index (χ3n) is 3.34. The lowest BCUT2D eigenvalue weighted by Crippen LogP contribution is -2.22. The smallest absolute Gasteiger partial charge is 0.189 e. The predicted molar refractivity (Wildman–Crippen MR) is 99.2 cm³/mol. The van der Waals surface area contributed by atoms with E-state index in [1.54, 1.807) is 0 Å². The summed E-state index contributed by atoms with van der Waals surface area (Å²) in [5, 5.41) is 0. The molecule has 0 aliphatic carbocycles. The summed E-state index contributed by atoms with van der Waals surface area (Å²) in [7, 11) is -1.04. The van der Waals surface area contributed by atoms with Crippen molar-refractivity contribution < 1.29 is 9.47 Å². The van der Waals surface area contributed by atoms with Gasteiger partial charge >= 0.3 is 0 Å². The topological polar surface area (TPSA) is 18.5 Å². The molecule has 2 nitrogen and oxygen atoms in total. The second-order valence-corrected chi connectivity index (χ2v) is 13.0. The van der Waals surface area contributed by atoms with Gasteiger partial charge in [-0.15, -0.1) is 0 Å². The summed E-state index contributed by atoms with van der Waals surface area (Å²) < 4.78 is 12.5. The molecule has 2 aromatic rings. The van der Waals surface area contributed by atoms with Crippen LogP contribution in [0.5, 0.6) is 5.75 Å². The van der Waals surface area contributed by atoms with Crippen molar-refractivity contribution in [1.29, 1.82) is 0 Å². The number of rotatable bonds is 7. The number of halogens is 1. The molecule has 0 spiro atoms. The molecule has 0 atom stereocenters. The fourth-order valence-electron chi connectivity index (χ4n) is 2.00. The van der Waals surface area contributed by atoms with Gasteiger partial charge in [0.15, 0.2) is 6.79 Å². The molecule has 0 aromatic heterocycles. The Morgan fingerprint density at radius 2 is 1.64 bits per heavy atom. The number of benzene rings is 2. The summed E-state index contributed by atoms with van der Waals surface area (Å²) in [5.74, 6) is 0.859. The maximum atomic E-state index is 5.82. The van der Waals surface area contributed by atoms with Crippen LogP contribution >= 0.6 is 15.9 Å². The number of hydrogen-bond donors (Lipinski definition) is 0. The second kappa shape index (κ2) is 7.95. The first kappa shape index (κ1) is 17.3. The fraction of sp³-hybridized carbons (Fsp3) is 0.333. The average molecular weight is 379 g/mol. The van der Waals surface area contributed by atoms with E-state index >= 15 is 0 Å². The molecule has 2 rings (SSSR count). The van der Waals surface area contributed by atoms with Crippen LogP contribution in [0.2, 0.25) is 25.7 Å². The summed E-state index contributed by atoms with van der Waals surface area (Å²) >= 11 is 3.46. The minimum atomic E-state index is -1.04. The van der Waals surface area contributed by atoms with Crippen molar-refractivity contribution in [3.05, 3.63) is 53.0 Å². The molecule has 0 aliphatic rings. The van der Waals surface area contributed by atoms with Gasteiger partial charge < -0.3 is 9.47 Å². The standard InChI is InChI=1S/C18H23BrO2Si/c1-22(2,3)13-12-20-14-21-18-7-5-4-6-17(18)15-8-10-16(19)11-9-15/h4-11H,12-14H2,1-3H3. The zero-order chi connectivity index (χ0) is 16.0. The monoisotopic (exact) mass is 378 g/mol. The molecule has 118 valence electrons. The van der Waals surface area contributed by atoms with Crippen LogP contribution in [0.3, 0.4) is 0 Å². The van der Waals surface area contributed by atoms with E-state index in [1.807, 2.05) is 30.3 Å². The highest BCUT2D eigenvalue weighted by Gasteiger charge is 2.12. The van der Waals surface area contributed by atoms with E-state index in [4.69, 9.17) is 9.47 Å². The molecule has 0 saturated heterocycles. The van der Waals surface area contributed by atoms with Gasteiger partial charge in [0.05, 0.1) is 0 Å². The van der Waals surface area contributed by atoms with E-state index in [0.29, 0.717) is 6.79 Å². The minimum absolute atomic E-state index is 0.304. The Morgan fingerprint density at radius 3 is 2.32 bits per heavy atom. The molecule has 0 saturated carbocycles. The van der Waals surface area contributed by atoms with Crippen LogP contribution in [0.1, 0.15) is 0 Å². The lowest BCUT2D eigenvalue weighted by atomic mass is 10.1. The quantitative estimate of drug-likeness (QED) is 0.344. The molecule has 0 N–H and O–H groups in total. The highest BCUT2D eigenvalue weighted by atomic mass is 79.9. The SMILES string of the molecule is C[Si](C)(C)CCOCOc1ccccc1-c1ccc(Br)cc1. The van der Waals surface area contributed by atoms with Crippen LogP contribution in [-0.2, 0) is 4.74 Å². The normalized spacial score (nSPS) is 11.5. The van der Waals surface area contributed by atoms with Gasteiger partial charge in [-0.3, -0.25) is 0 Å². The molecule has 2 aromatic carbocycles. The number of ether oxygens (including phenoxy) is 2. The zero-order valence-corrected chi connectivity index (χ0v) is 16.0.